The molecule has 7 nitrogen and oxygen atoms in total. The second-order valence-electron chi connectivity index (χ2n) is 9.78. The molecule has 4 atom stereocenters. The Labute approximate surface area is 223 Å². The van der Waals surface area contributed by atoms with Gasteiger partial charge in [-0.25, -0.2) is 4.79 Å². The summed E-state index contributed by atoms with van der Waals surface area (Å²) in [5.74, 6) is -2.53. The van der Waals surface area contributed by atoms with Crippen molar-refractivity contribution < 1.29 is 32.7 Å². The van der Waals surface area contributed by atoms with Crippen molar-refractivity contribution in [3.8, 4) is 0 Å². The molecule has 38 heavy (non-hydrogen) atoms. The van der Waals surface area contributed by atoms with Crippen molar-refractivity contribution in [2.75, 3.05) is 0 Å². The molecule has 4 N–H and O–H groups in total. The fraction of sp³-hybridized carbons (Fsp3) is 0.444. The molecule has 4 rings (SSSR count). The summed E-state index contributed by atoms with van der Waals surface area (Å²) in [6.45, 7) is 4.22. The average molecular weight is 552 g/mol. The number of fused-ring (bicyclic) bond motifs is 5. The number of alkyl halides is 3. The van der Waals surface area contributed by atoms with Gasteiger partial charge >= 0.3 is 12.1 Å². The molecule has 2 aliphatic heterocycles. The highest BCUT2D eigenvalue weighted by Crippen LogP contribution is 2.52. The number of amides is 2. The lowest BCUT2D eigenvalue weighted by Crippen LogP contribution is -2.46. The second kappa shape index (κ2) is 12.6. The van der Waals surface area contributed by atoms with Crippen LogP contribution < -0.4 is 11.1 Å². The molecule has 0 aliphatic carbocycles. The molecular formula is C27H32F3N3O4S. The van der Waals surface area contributed by atoms with Crippen molar-refractivity contribution in [2.45, 2.75) is 69.9 Å². The van der Waals surface area contributed by atoms with Crippen LogP contribution in [0.5, 0.6) is 0 Å². The number of hydrogen-bond donors (Lipinski definition) is 3. The first-order valence-electron chi connectivity index (χ1n) is 12.4. The van der Waals surface area contributed by atoms with E-state index in [0.29, 0.717) is 12.3 Å². The summed E-state index contributed by atoms with van der Waals surface area (Å²) in [6, 6.07) is 11.9. The zero-order chi connectivity index (χ0) is 28.0. The minimum atomic E-state index is -5.08. The number of rotatable bonds is 8. The monoisotopic (exact) mass is 551 g/mol. The number of halogens is 3. The molecule has 3 heterocycles. The summed E-state index contributed by atoms with van der Waals surface area (Å²) in [5.41, 5.74) is 8.70. The molecule has 11 heteroatoms. The number of carboxylic acids is 1. The highest BCUT2D eigenvalue weighted by molar-refractivity contribution is 7.09. The van der Waals surface area contributed by atoms with Gasteiger partial charge in [0.05, 0.1) is 18.1 Å². The van der Waals surface area contributed by atoms with Crippen molar-refractivity contribution in [2.24, 2.45) is 11.7 Å². The minimum absolute atomic E-state index is 0.0228. The summed E-state index contributed by atoms with van der Waals surface area (Å²) >= 11 is 1.60. The van der Waals surface area contributed by atoms with Crippen LogP contribution in [0.2, 0.25) is 0 Å². The second-order valence-corrected chi connectivity index (χ2v) is 10.8. The summed E-state index contributed by atoms with van der Waals surface area (Å²) < 4.78 is 31.7. The first-order valence-corrected chi connectivity index (χ1v) is 13.2. The number of nitrogens with zero attached hydrogens (tertiary/aromatic N) is 1. The Hall–Kier alpha value is -3.18. The Morgan fingerprint density at radius 1 is 1.13 bits per heavy atom. The maximum atomic E-state index is 13.1. The lowest BCUT2D eigenvalue weighted by atomic mass is 9.92. The normalized spacial score (nSPS) is 19.6. The summed E-state index contributed by atoms with van der Waals surface area (Å²) in [6.07, 6.45) is 1.73. The number of nitrogens with one attached hydrogen (secondary N) is 1. The SMILES string of the molecule is CC(C)C[C@@H](/C=C/C(=O)N1[C@@H]2CC[C@H]1c1ccccc12)NC(=O)[C@@H](N)Cc1cccs1.O=C(O)C(F)(F)F. The molecule has 1 saturated heterocycles. The fourth-order valence-electron chi connectivity index (χ4n) is 4.85. The molecule has 0 saturated carbocycles. The molecule has 2 aliphatic rings. The van der Waals surface area contributed by atoms with Gasteiger partial charge in [-0.2, -0.15) is 13.2 Å². The van der Waals surface area contributed by atoms with Crippen LogP contribution in [0.25, 0.3) is 0 Å². The van der Waals surface area contributed by atoms with Gasteiger partial charge in [0.15, 0.2) is 0 Å². The van der Waals surface area contributed by atoms with Gasteiger partial charge in [-0.05, 0) is 47.8 Å². The zero-order valence-corrected chi connectivity index (χ0v) is 22.0. The van der Waals surface area contributed by atoms with E-state index in [2.05, 4.69) is 31.3 Å². The molecule has 0 unspecified atom stereocenters. The summed E-state index contributed by atoms with van der Waals surface area (Å²) in [7, 11) is 0. The number of aliphatic carboxylic acids is 1. The van der Waals surface area contributed by atoms with Gasteiger partial charge in [0.1, 0.15) is 0 Å². The standard InChI is InChI=1S/C25H31N3O2S.C2HF3O2/c1-16(2)14-17(27-25(30)21(26)15-18-6-5-13-31-18)9-12-24(29)28-22-10-11-23(28)20-8-4-3-7-19(20)22;3-2(4,5)1(6)7/h3-9,12-13,16-17,21-23H,10-11,14-15,26H2,1-2H3,(H,27,30);(H,6,7)/b12-9+;/t17-,21+,22-,23+;/m1./s1. The maximum absolute atomic E-state index is 13.1. The lowest BCUT2D eigenvalue weighted by molar-refractivity contribution is -0.192. The number of carbonyl (C=O) groups excluding carboxylic acids is 2. The van der Waals surface area contributed by atoms with Gasteiger partial charge in [-0.3, -0.25) is 9.59 Å². The van der Waals surface area contributed by atoms with E-state index in [4.69, 9.17) is 15.6 Å². The van der Waals surface area contributed by atoms with Crippen LogP contribution in [0, 0.1) is 5.92 Å². The minimum Gasteiger partial charge on any atom is -0.475 e. The first-order chi connectivity index (χ1) is 17.9. The van der Waals surface area contributed by atoms with E-state index in [0.717, 1.165) is 24.1 Å². The number of hydrogen-bond acceptors (Lipinski definition) is 5. The molecule has 2 bridgehead atoms. The molecule has 1 aromatic carbocycles. The predicted molar refractivity (Wildman–Crippen MR) is 138 cm³/mol. The number of nitrogens with two attached hydrogens (primary N) is 1. The third-order valence-corrected chi connectivity index (χ3v) is 7.36. The van der Waals surface area contributed by atoms with Crippen LogP contribution in [0.4, 0.5) is 13.2 Å². The van der Waals surface area contributed by atoms with Crippen molar-refractivity contribution in [3.63, 3.8) is 0 Å². The Morgan fingerprint density at radius 3 is 2.18 bits per heavy atom. The van der Waals surface area contributed by atoms with E-state index in [1.54, 1.807) is 17.4 Å². The zero-order valence-electron chi connectivity index (χ0n) is 21.1. The van der Waals surface area contributed by atoms with E-state index in [1.807, 2.05) is 40.6 Å². The van der Waals surface area contributed by atoms with Crippen LogP contribution in [0.15, 0.2) is 53.9 Å². The van der Waals surface area contributed by atoms with E-state index in [-0.39, 0.29) is 29.9 Å². The van der Waals surface area contributed by atoms with E-state index in [1.165, 1.54) is 11.1 Å². The highest BCUT2D eigenvalue weighted by Gasteiger charge is 2.45. The third-order valence-electron chi connectivity index (χ3n) is 6.46. The van der Waals surface area contributed by atoms with Crippen molar-refractivity contribution in [1.82, 2.24) is 10.2 Å². The summed E-state index contributed by atoms with van der Waals surface area (Å²) in [4.78, 5) is 37.8. The van der Waals surface area contributed by atoms with Gasteiger partial charge in [-0.15, -0.1) is 11.3 Å². The predicted octanol–water partition coefficient (Wildman–Crippen LogP) is 4.76. The molecule has 2 amide bonds. The number of benzene rings is 1. The van der Waals surface area contributed by atoms with Gasteiger partial charge in [0.2, 0.25) is 11.8 Å². The van der Waals surface area contributed by atoms with Crippen molar-refractivity contribution in [1.29, 1.82) is 0 Å². The fourth-order valence-corrected chi connectivity index (χ4v) is 5.62. The van der Waals surface area contributed by atoms with E-state index < -0.39 is 18.2 Å². The van der Waals surface area contributed by atoms with Gasteiger partial charge < -0.3 is 21.1 Å². The Balaban J connectivity index is 0.000000505. The number of thiophene rings is 1. The van der Waals surface area contributed by atoms with Gasteiger partial charge in [-0.1, -0.05) is 50.3 Å². The van der Waals surface area contributed by atoms with Crippen molar-refractivity contribution >= 4 is 29.1 Å². The van der Waals surface area contributed by atoms with E-state index in [9.17, 15) is 22.8 Å². The number of carbonyl (C=O) groups is 3. The van der Waals surface area contributed by atoms with Crippen LogP contribution in [0.3, 0.4) is 0 Å². The molecular weight excluding hydrogens is 519 g/mol. The third kappa shape index (κ3) is 7.44. The first kappa shape index (κ1) is 29.4. The topological polar surface area (TPSA) is 113 Å². The van der Waals surface area contributed by atoms with Gasteiger partial charge in [0, 0.05) is 23.4 Å². The van der Waals surface area contributed by atoms with Crippen molar-refractivity contribution in [3.05, 3.63) is 69.9 Å². The average Bonchev–Trinajstić information content (AvgIpc) is 3.58. The van der Waals surface area contributed by atoms with Crippen LogP contribution >= 0.6 is 11.3 Å². The van der Waals surface area contributed by atoms with E-state index >= 15 is 0 Å². The summed E-state index contributed by atoms with van der Waals surface area (Å²) in [5, 5.41) is 12.2. The molecule has 1 aromatic heterocycles. The Kier molecular flexibility index (Phi) is 9.72. The molecule has 2 aromatic rings. The highest BCUT2D eigenvalue weighted by atomic mass is 32.1. The quantitative estimate of drug-likeness (QED) is 0.410. The van der Waals surface area contributed by atoms with Crippen LogP contribution in [-0.4, -0.2) is 46.1 Å². The smallest absolute Gasteiger partial charge is 0.475 e. The molecule has 1 fully saturated rings. The number of carboxylic acid groups (broad SMARTS) is 1. The molecule has 206 valence electrons. The van der Waals surface area contributed by atoms with Crippen LogP contribution in [-0.2, 0) is 20.8 Å². The maximum Gasteiger partial charge on any atom is 0.490 e. The Bertz CT molecular complexity index is 1120. The molecule has 0 radical (unpaired) electrons. The van der Waals surface area contributed by atoms with Gasteiger partial charge in [0.25, 0.3) is 0 Å². The lowest BCUT2D eigenvalue weighted by Gasteiger charge is -2.22. The van der Waals surface area contributed by atoms with Crippen LogP contribution in [0.1, 0.15) is 61.2 Å². The Morgan fingerprint density at radius 2 is 1.71 bits per heavy atom. The largest absolute Gasteiger partial charge is 0.490 e. The molecule has 0 spiro atoms.